The Labute approximate surface area is 124 Å². The molecule has 0 amide bonds. The summed E-state index contributed by atoms with van der Waals surface area (Å²) in [5, 5.41) is 4.18. The second-order valence-corrected chi connectivity index (χ2v) is 6.17. The van der Waals surface area contributed by atoms with Crippen molar-refractivity contribution in [3.05, 3.63) is 35.9 Å². The predicted molar refractivity (Wildman–Crippen MR) is 76.6 cm³/mol. The second-order valence-electron chi connectivity index (χ2n) is 6.17. The van der Waals surface area contributed by atoms with Gasteiger partial charge in [0.25, 0.3) is 0 Å². The summed E-state index contributed by atoms with van der Waals surface area (Å²) in [5.74, 6) is 3.20. The Hall–Kier alpha value is -1.62. The molecule has 0 bridgehead atoms. The molecule has 1 atom stereocenters. The van der Waals surface area contributed by atoms with E-state index in [2.05, 4.69) is 21.1 Å². The van der Waals surface area contributed by atoms with Crippen molar-refractivity contribution in [1.82, 2.24) is 15.0 Å². The minimum absolute atomic E-state index is 0.355. The summed E-state index contributed by atoms with van der Waals surface area (Å²) >= 11 is 0. The van der Waals surface area contributed by atoms with Gasteiger partial charge in [-0.05, 0) is 44.4 Å². The Kier molecular flexibility index (Phi) is 3.51. The predicted octanol–water partition coefficient (Wildman–Crippen LogP) is 3.66. The lowest BCUT2D eigenvalue weighted by Crippen LogP contribution is -2.23. The van der Waals surface area contributed by atoms with E-state index in [0.29, 0.717) is 12.0 Å². The average Bonchev–Trinajstić information content (AvgIpc) is 3.28. The van der Waals surface area contributed by atoms with E-state index in [1.807, 2.05) is 6.07 Å². The molecule has 1 aliphatic carbocycles. The van der Waals surface area contributed by atoms with Crippen LogP contribution in [-0.2, 0) is 6.54 Å². The highest BCUT2D eigenvalue weighted by molar-refractivity contribution is 5.07. The van der Waals surface area contributed by atoms with Gasteiger partial charge < -0.3 is 8.94 Å². The topological polar surface area (TPSA) is 55.3 Å². The summed E-state index contributed by atoms with van der Waals surface area (Å²) in [5.41, 5.74) is 0. The van der Waals surface area contributed by atoms with Gasteiger partial charge in [0.15, 0.2) is 5.82 Å². The van der Waals surface area contributed by atoms with Gasteiger partial charge in [0.05, 0.1) is 18.8 Å². The highest BCUT2D eigenvalue weighted by atomic mass is 16.5. The first-order valence-corrected chi connectivity index (χ1v) is 8.00. The fourth-order valence-electron chi connectivity index (χ4n) is 3.67. The Morgan fingerprint density at radius 1 is 1.19 bits per heavy atom. The monoisotopic (exact) mass is 287 g/mol. The van der Waals surface area contributed by atoms with Crippen LogP contribution < -0.4 is 0 Å². The van der Waals surface area contributed by atoms with E-state index >= 15 is 0 Å². The zero-order valence-corrected chi connectivity index (χ0v) is 12.2. The minimum Gasteiger partial charge on any atom is -0.468 e. The second kappa shape index (κ2) is 5.64. The molecule has 0 aromatic carbocycles. The van der Waals surface area contributed by atoms with E-state index in [1.165, 1.54) is 32.1 Å². The van der Waals surface area contributed by atoms with Gasteiger partial charge in [-0.1, -0.05) is 18.0 Å². The van der Waals surface area contributed by atoms with Crippen LogP contribution in [0.4, 0.5) is 0 Å². The summed E-state index contributed by atoms with van der Waals surface area (Å²) in [7, 11) is 0. The van der Waals surface area contributed by atoms with Crippen molar-refractivity contribution < 1.29 is 8.94 Å². The largest absolute Gasteiger partial charge is 0.468 e. The van der Waals surface area contributed by atoms with Crippen LogP contribution in [0.25, 0.3) is 0 Å². The van der Waals surface area contributed by atoms with Crippen molar-refractivity contribution in [2.75, 3.05) is 6.54 Å². The molecule has 0 N–H and O–H groups in total. The van der Waals surface area contributed by atoms with Crippen molar-refractivity contribution in [2.45, 2.75) is 57.0 Å². The molecule has 3 heterocycles. The molecule has 2 aromatic heterocycles. The Balaban J connectivity index is 1.45. The van der Waals surface area contributed by atoms with E-state index in [-0.39, 0.29) is 0 Å². The number of aromatic nitrogens is 2. The van der Waals surface area contributed by atoms with Gasteiger partial charge in [-0.25, -0.2) is 0 Å². The molecule has 0 spiro atoms. The van der Waals surface area contributed by atoms with Gasteiger partial charge in [-0.2, -0.15) is 4.98 Å². The van der Waals surface area contributed by atoms with Gasteiger partial charge in [-0.3, -0.25) is 4.90 Å². The fraction of sp³-hybridized carbons (Fsp3) is 0.625. The molecule has 2 aromatic rings. The molecule has 21 heavy (non-hydrogen) atoms. The summed E-state index contributed by atoms with van der Waals surface area (Å²) in [4.78, 5) is 7.01. The zero-order chi connectivity index (χ0) is 14.1. The van der Waals surface area contributed by atoms with Crippen molar-refractivity contribution in [2.24, 2.45) is 0 Å². The number of nitrogens with zero attached hydrogens (tertiary/aromatic N) is 3. The smallest absolute Gasteiger partial charge is 0.229 e. The van der Waals surface area contributed by atoms with Crippen LogP contribution in [0.2, 0.25) is 0 Å². The molecule has 4 rings (SSSR count). The van der Waals surface area contributed by atoms with Crippen LogP contribution in [0.15, 0.2) is 27.3 Å². The van der Waals surface area contributed by atoms with Crippen molar-refractivity contribution in [1.29, 1.82) is 0 Å². The maximum Gasteiger partial charge on any atom is 0.229 e. The summed E-state index contributed by atoms with van der Waals surface area (Å²) < 4.78 is 11.0. The number of likely N-dealkylation sites (tertiary alicyclic amines) is 1. The van der Waals surface area contributed by atoms with Gasteiger partial charge in [-0.15, -0.1) is 0 Å². The van der Waals surface area contributed by atoms with Gasteiger partial charge in [0.2, 0.25) is 5.89 Å². The van der Waals surface area contributed by atoms with E-state index in [1.54, 1.807) is 6.26 Å². The van der Waals surface area contributed by atoms with E-state index in [0.717, 1.165) is 37.0 Å². The maximum atomic E-state index is 5.57. The molecule has 2 aliphatic rings. The van der Waals surface area contributed by atoms with Crippen LogP contribution in [0, 0.1) is 0 Å². The Morgan fingerprint density at radius 2 is 2.10 bits per heavy atom. The molecule has 2 fully saturated rings. The van der Waals surface area contributed by atoms with Crippen LogP contribution in [-0.4, -0.2) is 21.6 Å². The quantitative estimate of drug-likeness (QED) is 0.859. The molecular weight excluding hydrogens is 266 g/mol. The zero-order valence-electron chi connectivity index (χ0n) is 12.2. The fourth-order valence-corrected chi connectivity index (χ4v) is 3.67. The molecule has 1 saturated heterocycles. The highest BCUT2D eigenvalue weighted by Gasteiger charge is 2.30. The number of hydrogen-bond donors (Lipinski definition) is 0. The third-order valence-electron chi connectivity index (χ3n) is 4.77. The average molecular weight is 287 g/mol. The maximum absolute atomic E-state index is 5.57. The number of rotatable bonds is 4. The van der Waals surface area contributed by atoms with Gasteiger partial charge in [0.1, 0.15) is 5.76 Å². The SMILES string of the molecule is c1coc(C2CCCN2Cc2noc(C3CCCC3)n2)c1. The van der Waals surface area contributed by atoms with Crippen LogP contribution in [0.5, 0.6) is 0 Å². The lowest BCUT2D eigenvalue weighted by Gasteiger charge is -2.20. The molecule has 0 radical (unpaired) electrons. The molecule has 1 saturated carbocycles. The van der Waals surface area contributed by atoms with Crippen molar-refractivity contribution in [3.8, 4) is 0 Å². The van der Waals surface area contributed by atoms with Crippen LogP contribution >= 0.6 is 0 Å². The highest BCUT2D eigenvalue weighted by Crippen LogP contribution is 2.35. The molecule has 112 valence electrons. The first-order chi connectivity index (χ1) is 10.4. The standard InChI is InChI=1S/C16H21N3O2/c1-2-6-12(5-1)16-17-15(18-21-16)11-19-9-3-7-13(19)14-8-4-10-20-14/h4,8,10,12-13H,1-3,5-7,9,11H2. The lowest BCUT2D eigenvalue weighted by molar-refractivity contribution is 0.212. The summed E-state index contributed by atoms with van der Waals surface area (Å²) in [6, 6.07) is 4.37. The molecule has 1 aliphatic heterocycles. The van der Waals surface area contributed by atoms with Crippen LogP contribution in [0.3, 0.4) is 0 Å². The van der Waals surface area contributed by atoms with Crippen LogP contribution in [0.1, 0.15) is 68.0 Å². The Morgan fingerprint density at radius 3 is 2.90 bits per heavy atom. The number of hydrogen-bond acceptors (Lipinski definition) is 5. The Bertz CT molecular complexity index is 572. The first kappa shape index (κ1) is 13.1. The normalized spacial score (nSPS) is 24.1. The van der Waals surface area contributed by atoms with Gasteiger partial charge >= 0.3 is 0 Å². The summed E-state index contributed by atoms with van der Waals surface area (Å²) in [6.45, 7) is 1.82. The van der Waals surface area contributed by atoms with E-state index in [4.69, 9.17) is 8.94 Å². The number of furan rings is 1. The molecule has 1 unspecified atom stereocenters. The van der Waals surface area contributed by atoms with E-state index < -0.39 is 0 Å². The van der Waals surface area contributed by atoms with Gasteiger partial charge in [0, 0.05) is 5.92 Å². The third-order valence-corrected chi connectivity index (χ3v) is 4.77. The third kappa shape index (κ3) is 2.62. The molecule has 5 heteroatoms. The molecular formula is C16H21N3O2. The summed E-state index contributed by atoms with van der Waals surface area (Å²) in [6.07, 6.45) is 9.04. The molecule has 5 nitrogen and oxygen atoms in total. The lowest BCUT2D eigenvalue weighted by atomic mass is 10.1. The first-order valence-electron chi connectivity index (χ1n) is 8.00. The minimum atomic E-state index is 0.355. The van der Waals surface area contributed by atoms with E-state index in [9.17, 15) is 0 Å². The van der Waals surface area contributed by atoms with Crippen molar-refractivity contribution in [3.63, 3.8) is 0 Å². The van der Waals surface area contributed by atoms with Crippen molar-refractivity contribution >= 4 is 0 Å².